The third-order valence-corrected chi connectivity index (χ3v) is 13.7. The number of carbonyl (C=O) groups is 3. The molecule has 2 unspecified atom stereocenters. The number of rotatable bonds is 3. The Balaban J connectivity index is 1.51. The van der Waals surface area contributed by atoms with Gasteiger partial charge in [0.25, 0.3) is 0 Å². The second-order valence-electron chi connectivity index (χ2n) is 16.7. The Kier molecular flexibility index (Phi) is 6.57. The Labute approximate surface area is 257 Å². The largest absolute Gasteiger partial charge is 0.307 e. The fourth-order valence-corrected chi connectivity index (χ4v) is 11.1. The summed E-state index contributed by atoms with van der Waals surface area (Å²) >= 11 is 0. The van der Waals surface area contributed by atoms with Crippen molar-refractivity contribution in [2.45, 2.75) is 113 Å². The zero-order valence-electron chi connectivity index (χ0n) is 27.5. The molecule has 6 heteroatoms. The van der Waals surface area contributed by atoms with Gasteiger partial charge in [-0.15, -0.1) is 0 Å². The summed E-state index contributed by atoms with van der Waals surface area (Å²) in [6.07, 6.45) is 15.1. The normalized spacial score (nSPS) is 41.0. The van der Waals surface area contributed by atoms with Crippen molar-refractivity contribution in [3.8, 4) is 0 Å². The second-order valence-corrected chi connectivity index (χ2v) is 16.7. The summed E-state index contributed by atoms with van der Waals surface area (Å²) in [6.45, 7) is 25.4. The topological polar surface area (TPSA) is 73.4 Å². The number of allylic oxidation sites excluding steroid dienone is 4. The summed E-state index contributed by atoms with van der Waals surface area (Å²) in [4.78, 5) is 51.0. The van der Waals surface area contributed by atoms with E-state index in [0.29, 0.717) is 0 Å². The van der Waals surface area contributed by atoms with Crippen LogP contribution >= 0.6 is 0 Å². The van der Waals surface area contributed by atoms with Gasteiger partial charge < -0.3 is 4.79 Å². The fraction of sp³-hybridized carbons (Fsp3) is 0.703. The highest BCUT2D eigenvalue weighted by molar-refractivity contribution is 6.03. The van der Waals surface area contributed by atoms with Crippen LogP contribution in [0.1, 0.15) is 117 Å². The van der Waals surface area contributed by atoms with Gasteiger partial charge in [0.05, 0.1) is 12.0 Å². The minimum atomic E-state index is -0.672. The van der Waals surface area contributed by atoms with Gasteiger partial charge in [0.15, 0.2) is 11.6 Å². The highest BCUT2D eigenvalue weighted by atomic mass is 16.2. The molecule has 6 nitrogen and oxygen atoms in total. The first kappa shape index (κ1) is 30.2. The van der Waals surface area contributed by atoms with Gasteiger partial charge in [0.1, 0.15) is 5.82 Å². The summed E-state index contributed by atoms with van der Waals surface area (Å²) in [5.41, 5.74) is -1.06. The van der Waals surface area contributed by atoms with Crippen molar-refractivity contribution in [1.29, 1.82) is 0 Å². The number of aryl methyl sites for hydroxylation is 1. The average molecular weight is 584 g/mol. The number of aromatic nitrogens is 2. The molecular weight excluding hydrogens is 534 g/mol. The number of hydrogen-bond donors (Lipinski definition) is 0. The van der Waals surface area contributed by atoms with E-state index >= 15 is 0 Å². The first-order valence-corrected chi connectivity index (χ1v) is 16.5. The van der Waals surface area contributed by atoms with Crippen LogP contribution < -0.4 is 0 Å². The van der Waals surface area contributed by atoms with Crippen molar-refractivity contribution in [3.63, 3.8) is 0 Å². The maximum absolute atomic E-state index is 14.8. The first-order chi connectivity index (χ1) is 20.0. The molecule has 1 heterocycles. The summed E-state index contributed by atoms with van der Waals surface area (Å²) < 4.78 is 1.82. The summed E-state index contributed by atoms with van der Waals surface area (Å²) in [5, 5.41) is 0. The minimum absolute atomic E-state index is 0.0291. The Morgan fingerprint density at radius 2 is 1.74 bits per heavy atom. The van der Waals surface area contributed by atoms with E-state index in [2.05, 4.69) is 51.4 Å². The highest BCUT2D eigenvalue weighted by Gasteiger charge is 2.70. The molecule has 3 saturated carbocycles. The lowest BCUT2D eigenvalue weighted by molar-refractivity contribution is -0.164. The van der Waals surface area contributed by atoms with Crippen molar-refractivity contribution in [2.75, 3.05) is 0 Å². The number of fused-ring (bicyclic) bond motifs is 7. The lowest BCUT2D eigenvalue weighted by atomic mass is 9.34. The SMILES string of the molecule is [C-]#[N+]C1=C[C@]2(C)C3=CC(=O)C4C5CC(C)(C)CC[C@]5(C(=O)n5ccnc5CCC)CC[C@@]4(C)[C@]3(C)CC[C@H]2C(C)(C)C1=O. The van der Waals surface area contributed by atoms with Crippen LogP contribution in [-0.4, -0.2) is 27.0 Å². The number of Topliss-reactive ketones (excluding diaryl/α,β-unsaturated/α-hetero) is 1. The molecule has 0 saturated heterocycles. The Hall–Kier alpha value is -2.81. The number of ketones is 2. The molecule has 7 atom stereocenters. The van der Waals surface area contributed by atoms with Crippen molar-refractivity contribution in [2.24, 2.45) is 50.2 Å². The lowest BCUT2D eigenvalue weighted by Crippen LogP contribution is -2.66. The smallest absolute Gasteiger partial charge is 0.238 e. The number of imidazole rings is 1. The number of carbonyl (C=O) groups excluding carboxylic acids is 3. The Morgan fingerprint density at radius 1 is 1.05 bits per heavy atom. The van der Waals surface area contributed by atoms with Crippen molar-refractivity contribution >= 4 is 17.5 Å². The molecule has 0 amide bonds. The van der Waals surface area contributed by atoms with Crippen LogP contribution in [0.4, 0.5) is 0 Å². The third kappa shape index (κ3) is 3.82. The summed E-state index contributed by atoms with van der Waals surface area (Å²) in [5.74, 6) is 0.755. The van der Waals surface area contributed by atoms with E-state index in [1.54, 1.807) is 6.20 Å². The van der Waals surface area contributed by atoms with Gasteiger partial charge in [-0.2, -0.15) is 0 Å². The zero-order chi connectivity index (χ0) is 31.4. The molecule has 230 valence electrons. The van der Waals surface area contributed by atoms with Crippen LogP contribution in [0.3, 0.4) is 0 Å². The molecule has 43 heavy (non-hydrogen) atoms. The van der Waals surface area contributed by atoms with E-state index in [9.17, 15) is 14.4 Å². The Morgan fingerprint density at radius 3 is 2.42 bits per heavy atom. The third-order valence-electron chi connectivity index (χ3n) is 13.7. The minimum Gasteiger partial charge on any atom is -0.307 e. The Bertz CT molecular complexity index is 1520. The first-order valence-electron chi connectivity index (χ1n) is 16.5. The standard InChI is InChI=1S/C37H49N3O3/c1-10-11-28-39-18-19-40(28)31(43)37-16-14-32(2,3)21-23(37)29-25(41)20-27-34(6)22-24(38-9)30(42)33(4,5)26(34)12-13-35(27,7)36(29,8)15-17-37/h18-20,22-23,26,29H,10-17,21H2,1-8H3/t23?,26-,29?,34-,35+,36+,37-/m0/s1. The molecule has 6 rings (SSSR count). The predicted molar refractivity (Wildman–Crippen MR) is 167 cm³/mol. The molecule has 0 radical (unpaired) electrons. The van der Waals surface area contributed by atoms with Gasteiger partial charge in [-0.25, -0.2) is 9.83 Å². The lowest BCUT2D eigenvalue weighted by Gasteiger charge is -2.69. The van der Waals surface area contributed by atoms with Crippen LogP contribution in [0.5, 0.6) is 0 Å². The predicted octanol–water partition coefficient (Wildman–Crippen LogP) is 8.05. The molecule has 5 aliphatic carbocycles. The summed E-state index contributed by atoms with van der Waals surface area (Å²) in [6, 6.07) is 0. The number of hydrogen-bond acceptors (Lipinski definition) is 4. The number of nitrogens with zero attached hydrogens (tertiary/aromatic N) is 3. The zero-order valence-corrected chi connectivity index (χ0v) is 27.5. The molecule has 0 N–H and O–H groups in total. The van der Waals surface area contributed by atoms with E-state index in [0.717, 1.165) is 69.2 Å². The van der Waals surface area contributed by atoms with E-state index in [1.165, 1.54) is 0 Å². The molecule has 1 aromatic heterocycles. The fourth-order valence-electron chi connectivity index (χ4n) is 11.1. The van der Waals surface area contributed by atoms with Crippen molar-refractivity contribution in [1.82, 2.24) is 9.55 Å². The molecule has 0 spiro atoms. The van der Waals surface area contributed by atoms with Crippen LogP contribution in [0.25, 0.3) is 4.85 Å². The van der Waals surface area contributed by atoms with Gasteiger partial charge >= 0.3 is 0 Å². The monoisotopic (exact) mass is 583 g/mol. The van der Waals surface area contributed by atoms with Crippen molar-refractivity contribution < 1.29 is 14.4 Å². The molecule has 0 aromatic carbocycles. The molecule has 0 aliphatic heterocycles. The van der Waals surface area contributed by atoms with Crippen LogP contribution in [0.2, 0.25) is 0 Å². The van der Waals surface area contributed by atoms with E-state index in [-0.39, 0.29) is 57.2 Å². The quantitative estimate of drug-likeness (QED) is 0.338. The maximum atomic E-state index is 14.8. The molecule has 5 aliphatic rings. The molecular formula is C37H49N3O3. The van der Waals surface area contributed by atoms with Crippen molar-refractivity contribution in [3.05, 3.63) is 53.1 Å². The second kappa shape index (κ2) is 9.35. The van der Waals surface area contributed by atoms with E-state index in [1.807, 2.05) is 36.8 Å². The maximum Gasteiger partial charge on any atom is 0.238 e. The van der Waals surface area contributed by atoms with E-state index in [4.69, 9.17) is 6.57 Å². The molecule has 0 bridgehead atoms. The molecule has 3 fully saturated rings. The molecule has 1 aromatic rings. The van der Waals surface area contributed by atoms with Gasteiger partial charge in [-0.05, 0) is 85.5 Å². The van der Waals surface area contributed by atoms with Crippen LogP contribution in [0, 0.1) is 56.8 Å². The average Bonchev–Trinajstić information content (AvgIpc) is 3.40. The van der Waals surface area contributed by atoms with Gasteiger partial charge in [0.2, 0.25) is 11.6 Å². The van der Waals surface area contributed by atoms with Crippen LogP contribution in [-0.2, 0) is 16.0 Å². The highest BCUT2D eigenvalue weighted by Crippen LogP contribution is 2.74. The van der Waals surface area contributed by atoms with Crippen LogP contribution in [0.15, 0.2) is 35.8 Å². The van der Waals surface area contributed by atoms with Gasteiger partial charge in [-0.1, -0.05) is 67.0 Å². The van der Waals surface area contributed by atoms with Gasteiger partial charge in [0, 0.05) is 35.6 Å². The summed E-state index contributed by atoms with van der Waals surface area (Å²) in [7, 11) is 0. The van der Waals surface area contributed by atoms with E-state index < -0.39 is 16.2 Å². The van der Waals surface area contributed by atoms with Gasteiger partial charge in [-0.3, -0.25) is 14.2 Å².